The number of rotatable bonds is 5. The molecule has 10 heteroatoms. The predicted octanol–water partition coefficient (Wildman–Crippen LogP) is -3.18. The van der Waals surface area contributed by atoms with Gasteiger partial charge in [-0.05, 0) is 6.26 Å². The van der Waals surface area contributed by atoms with Gasteiger partial charge in [-0.2, -0.15) is 4.68 Å². The van der Waals surface area contributed by atoms with Gasteiger partial charge in [-0.15, -0.1) is 10.2 Å². The molecule has 0 unspecified atom stereocenters. The Morgan fingerprint density at radius 3 is 2.50 bits per heavy atom. The number of hydrogen-bond donors (Lipinski definition) is 5. The molecule has 102 valence electrons. The number of nitrogen functional groups attached to an aromatic ring is 1. The van der Waals surface area contributed by atoms with E-state index in [4.69, 9.17) is 16.1 Å². The van der Waals surface area contributed by atoms with E-state index in [-0.39, 0.29) is 5.16 Å². The Morgan fingerprint density at radius 2 is 2.00 bits per heavy atom. The van der Waals surface area contributed by atoms with Crippen molar-refractivity contribution in [3.63, 3.8) is 0 Å². The number of thioether (sulfide) groups is 1. The highest BCUT2D eigenvalue weighted by Crippen LogP contribution is 2.14. The van der Waals surface area contributed by atoms with Crippen LogP contribution in [0.4, 0.5) is 0 Å². The number of aliphatic hydroxyl groups is 4. The fourth-order valence-corrected chi connectivity index (χ4v) is 1.60. The first kappa shape index (κ1) is 14.9. The van der Waals surface area contributed by atoms with Gasteiger partial charge in [0.25, 0.3) is 5.56 Å². The van der Waals surface area contributed by atoms with Crippen molar-refractivity contribution in [1.82, 2.24) is 14.9 Å². The number of hydrogen-bond acceptors (Lipinski definition) is 9. The number of nitrogens with zero attached hydrogens (tertiary/aromatic N) is 3. The molecule has 0 saturated heterocycles. The maximum absolute atomic E-state index is 11.7. The average Bonchev–Trinajstić information content (AvgIpc) is 2.39. The minimum Gasteiger partial charge on any atom is -0.394 e. The number of aromatic nitrogens is 3. The Bertz CT molecular complexity index is 467. The molecule has 1 heterocycles. The summed E-state index contributed by atoms with van der Waals surface area (Å²) in [6.07, 6.45) is -3.53. The molecule has 0 aromatic carbocycles. The lowest BCUT2D eigenvalue weighted by atomic mass is 10.1. The summed E-state index contributed by atoms with van der Waals surface area (Å²) in [7, 11) is 0. The number of nitrogens with two attached hydrogens (primary N) is 1. The van der Waals surface area contributed by atoms with Gasteiger partial charge in [-0.3, -0.25) is 4.79 Å². The van der Waals surface area contributed by atoms with Crippen molar-refractivity contribution < 1.29 is 20.4 Å². The van der Waals surface area contributed by atoms with Crippen LogP contribution in [0, 0.1) is 0 Å². The Morgan fingerprint density at radius 1 is 1.39 bits per heavy atom. The van der Waals surface area contributed by atoms with Crippen molar-refractivity contribution in [2.24, 2.45) is 0 Å². The van der Waals surface area contributed by atoms with Crippen molar-refractivity contribution in [1.29, 1.82) is 0 Å². The summed E-state index contributed by atoms with van der Waals surface area (Å²) in [5.74, 6) is 5.42. The van der Waals surface area contributed by atoms with Gasteiger partial charge in [0.05, 0.1) is 6.61 Å². The van der Waals surface area contributed by atoms with E-state index in [1.807, 2.05) is 0 Å². The summed E-state index contributed by atoms with van der Waals surface area (Å²) >= 11 is 1.08. The van der Waals surface area contributed by atoms with Crippen LogP contribution in [0.5, 0.6) is 0 Å². The maximum Gasteiger partial charge on any atom is 0.297 e. The molecule has 0 saturated carbocycles. The molecule has 18 heavy (non-hydrogen) atoms. The molecule has 0 aliphatic heterocycles. The van der Waals surface area contributed by atoms with Crippen LogP contribution in [0.3, 0.4) is 0 Å². The molecular weight excluding hydrogens is 264 g/mol. The molecule has 0 aliphatic carbocycles. The number of aliphatic hydroxyl groups excluding tert-OH is 4. The van der Waals surface area contributed by atoms with E-state index in [2.05, 4.69) is 10.2 Å². The standard InChI is InChI=1S/C8H14N4O5S/c1-18-8-11-10-4(7(17)12(8)9)6(16)5(15)3(14)2-13/h3,5-6,13-16H,2,9H2,1H3/t3-,5-,6-/m1/s1. The predicted molar refractivity (Wildman–Crippen MR) is 62.3 cm³/mol. The zero-order valence-corrected chi connectivity index (χ0v) is 10.3. The van der Waals surface area contributed by atoms with Crippen molar-refractivity contribution in [3.8, 4) is 0 Å². The Kier molecular flexibility index (Phi) is 5.04. The molecule has 1 aromatic rings. The molecule has 0 radical (unpaired) electrons. The highest BCUT2D eigenvalue weighted by atomic mass is 32.2. The summed E-state index contributed by atoms with van der Waals surface area (Å²) in [4.78, 5) is 11.7. The van der Waals surface area contributed by atoms with Crippen LogP contribution in [-0.4, -0.2) is 60.4 Å². The monoisotopic (exact) mass is 278 g/mol. The second-order valence-electron chi connectivity index (χ2n) is 3.43. The Labute approximate surface area is 106 Å². The summed E-state index contributed by atoms with van der Waals surface area (Å²) in [5.41, 5.74) is -1.35. The average molecular weight is 278 g/mol. The highest BCUT2D eigenvalue weighted by Gasteiger charge is 2.29. The summed E-state index contributed by atoms with van der Waals surface area (Å²) in [5, 5.41) is 44.1. The van der Waals surface area contributed by atoms with Gasteiger partial charge in [0.1, 0.15) is 18.3 Å². The topological polar surface area (TPSA) is 155 Å². The fourth-order valence-electron chi connectivity index (χ4n) is 1.20. The Balaban J connectivity index is 3.11. The van der Waals surface area contributed by atoms with Crippen molar-refractivity contribution in [3.05, 3.63) is 16.0 Å². The minimum absolute atomic E-state index is 0.133. The van der Waals surface area contributed by atoms with Crippen LogP contribution in [0.1, 0.15) is 11.8 Å². The molecule has 0 spiro atoms. The zero-order valence-electron chi connectivity index (χ0n) is 9.46. The molecule has 0 bridgehead atoms. The van der Waals surface area contributed by atoms with Gasteiger partial charge in [0, 0.05) is 0 Å². The maximum atomic E-state index is 11.7. The van der Waals surface area contributed by atoms with Crippen molar-refractivity contribution in [2.45, 2.75) is 23.5 Å². The van der Waals surface area contributed by atoms with Gasteiger partial charge in [0.15, 0.2) is 5.69 Å². The molecule has 3 atom stereocenters. The van der Waals surface area contributed by atoms with Crippen LogP contribution >= 0.6 is 11.8 Å². The Hall–Kier alpha value is -1.20. The lowest BCUT2D eigenvalue weighted by Crippen LogP contribution is -2.41. The molecule has 0 amide bonds. The van der Waals surface area contributed by atoms with Crippen LogP contribution in [0.25, 0.3) is 0 Å². The van der Waals surface area contributed by atoms with Gasteiger partial charge in [-0.25, -0.2) is 0 Å². The van der Waals surface area contributed by atoms with Gasteiger partial charge >= 0.3 is 0 Å². The first-order chi connectivity index (χ1) is 8.43. The van der Waals surface area contributed by atoms with Gasteiger partial charge < -0.3 is 26.3 Å². The highest BCUT2D eigenvalue weighted by molar-refractivity contribution is 7.98. The van der Waals surface area contributed by atoms with Crippen molar-refractivity contribution >= 4 is 11.8 Å². The quantitative estimate of drug-likeness (QED) is 0.277. The van der Waals surface area contributed by atoms with E-state index in [0.29, 0.717) is 4.68 Å². The largest absolute Gasteiger partial charge is 0.394 e. The SMILES string of the molecule is CSc1nnc([C@@H](O)[C@H](O)[C@H](O)CO)c(=O)n1N. The van der Waals surface area contributed by atoms with E-state index in [9.17, 15) is 15.0 Å². The molecule has 0 aliphatic rings. The molecule has 1 aromatic heterocycles. The van der Waals surface area contributed by atoms with Crippen LogP contribution in [0.2, 0.25) is 0 Å². The molecule has 6 N–H and O–H groups in total. The molecule has 9 nitrogen and oxygen atoms in total. The zero-order chi connectivity index (χ0) is 13.9. The second-order valence-corrected chi connectivity index (χ2v) is 4.21. The van der Waals surface area contributed by atoms with E-state index in [1.54, 1.807) is 6.26 Å². The van der Waals surface area contributed by atoms with E-state index in [0.717, 1.165) is 11.8 Å². The van der Waals surface area contributed by atoms with Crippen LogP contribution in [-0.2, 0) is 0 Å². The molecule has 0 fully saturated rings. The van der Waals surface area contributed by atoms with Gasteiger partial charge in [-0.1, -0.05) is 11.8 Å². The fraction of sp³-hybridized carbons (Fsp3) is 0.625. The molecular formula is C8H14N4O5S. The van der Waals surface area contributed by atoms with Crippen LogP contribution < -0.4 is 11.4 Å². The summed E-state index contributed by atoms with van der Waals surface area (Å²) in [6, 6.07) is 0. The second kappa shape index (κ2) is 6.11. The normalized spacial score (nSPS) is 16.3. The first-order valence-corrected chi connectivity index (χ1v) is 6.10. The smallest absolute Gasteiger partial charge is 0.297 e. The minimum atomic E-state index is -1.79. The summed E-state index contributed by atoms with van der Waals surface area (Å²) in [6.45, 7) is -0.772. The third kappa shape index (κ3) is 2.79. The molecule has 1 rings (SSSR count). The van der Waals surface area contributed by atoms with E-state index in [1.165, 1.54) is 0 Å². The first-order valence-electron chi connectivity index (χ1n) is 4.87. The van der Waals surface area contributed by atoms with Gasteiger partial charge in [0.2, 0.25) is 5.16 Å². The van der Waals surface area contributed by atoms with E-state index >= 15 is 0 Å². The lowest BCUT2D eigenvalue weighted by Gasteiger charge is -2.20. The third-order valence-corrected chi connectivity index (χ3v) is 2.90. The van der Waals surface area contributed by atoms with E-state index < -0.39 is 36.2 Å². The summed E-state index contributed by atoms with van der Waals surface area (Å²) < 4.78 is 0.675. The van der Waals surface area contributed by atoms with Crippen LogP contribution in [0.15, 0.2) is 9.95 Å². The van der Waals surface area contributed by atoms with Crippen molar-refractivity contribution in [2.75, 3.05) is 18.7 Å². The third-order valence-electron chi connectivity index (χ3n) is 2.25. The lowest BCUT2D eigenvalue weighted by molar-refractivity contribution is -0.0798.